The third kappa shape index (κ3) is 4.92. The Morgan fingerprint density at radius 2 is 1.84 bits per heavy atom. The van der Waals surface area contributed by atoms with Gasteiger partial charge in [-0.25, -0.2) is 0 Å². The van der Waals surface area contributed by atoms with Crippen LogP contribution in [-0.2, 0) is 5.75 Å². The normalized spacial score (nSPS) is 14.2. The van der Waals surface area contributed by atoms with Crippen LogP contribution < -0.4 is 10.2 Å². The first-order chi connectivity index (χ1) is 14.5. The zero-order valence-electron chi connectivity index (χ0n) is 16.3. The van der Waals surface area contributed by atoms with Crippen LogP contribution in [0.5, 0.6) is 5.75 Å². The maximum atomic E-state index is 13.1. The SMILES string of the molecule is COc1cc(S(F)(F)(F)(F)F)ccc1CSc1[nH]c2c(Br)ccc(Cl)c2c(=O)c1C(C)=O. The molecule has 1 heterocycles. The fourth-order valence-corrected chi connectivity index (χ4v) is 5.38. The van der Waals surface area contributed by atoms with Crippen LogP contribution in [0.2, 0.25) is 5.02 Å². The quantitative estimate of drug-likeness (QED) is 0.182. The first kappa shape index (κ1) is 24.9. The molecular formula is C19H14BrClF5NO3S2. The maximum absolute atomic E-state index is 13.1. The van der Waals surface area contributed by atoms with Crippen LogP contribution in [0.4, 0.5) is 19.4 Å². The third-order valence-corrected chi connectivity index (χ3v) is 7.62. The van der Waals surface area contributed by atoms with Crippen LogP contribution in [0.15, 0.2) is 49.5 Å². The predicted octanol–water partition coefficient (Wildman–Crippen LogP) is 8.10. The van der Waals surface area contributed by atoms with E-state index in [9.17, 15) is 29.0 Å². The molecule has 0 amide bonds. The smallest absolute Gasteiger partial charge is 0.310 e. The molecule has 13 heteroatoms. The number of Topliss-reactive ketones (excluding diaryl/α,β-unsaturated/α-hetero) is 1. The van der Waals surface area contributed by atoms with E-state index in [1.165, 1.54) is 13.0 Å². The van der Waals surface area contributed by atoms with Crippen LogP contribution in [0.3, 0.4) is 0 Å². The molecular weight excluding hydrogens is 565 g/mol. The molecule has 0 aliphatic heterocycles. The lowest BCUT2D eigenvalue weighted by Gasteiger charge is -2.40. The van der Waals surface area contributed by atoms with Crippen molar-refractivity contribution in [2.45, 2.75) is 22.6 Å². The molecule has 3 aromatic rings. The lowest BCUT2D eigenvalue weighted by atomic mass is 10.1. The molecule has 174 valence electrons. The molecule has 0 atom stereocenters. The number of benzene rings is 2. The van der Waals surface area contributed by atoms with Crippen molar-refractivity contribution in [1.82, 2.24) is 4.98 Å². The van der Waals surface area contributed by atoms with Crippen molar-refractivity contribution in [2.24, 2.45) is 0 Å². The van der Waals surface area contributed by atoms with E-state index in [0.29, 0.717) is 9.99 Å². The van der Waals surface area contributed by atoms with Gasteiger partial charge in [0.25, 0.3) is 0 Å². The number of hydrogen-bond acceptors (Lipinski definition) is 4. The number of nitrogens with one attached hydrogen (secondary N) is 1. The molecule has 4 nitrogen and oxygen atoms in total. The van der Waals surface area contributed by atoms with Crippen molar-refractivity contribution in [2.75, 3.05) is 7.11 Å². The van der Waals surface area contributed by atoms with Gasteiger partial charge in [-0.2, -0.15) is 0 Å². The number of thioether (sulfide) groups is 1. The van der Waals surface area contributed by atoms with Gasteiger partial charge in [0.2, 0.25) is 5.43 Å². The molecule has 32 heavy (non-hydrogen) atoms. The molecule has 0 unspecified atom stereocenters. The number of aromatic nitrogens is 1. The summed E-state index contributed by atoms with van der Waals surface area (Å²) >= 11 is 10.4. The standard InChI is InChI=1S/C19H14BrClF5NO3S2/c1-9(28)15-18(29)16-13(21)6-5-12(20)17(16)27-19(15)31-8-10-3-4-11(7-14(10)30-2)32(22,23,24,25)26/h3-7H,8H2,1-2H3,(H,27,29). The number of ether oxygens (including phenoxy) is 1. The van der Waals surface area contributed by atoms with E-state index in [1.54, 1.807) is 6.07 Å². The van der Waals surface area contributed by atoms with Crippen LogP contribution >= 0.6 is 49.5 Å². The van der Waals surface area contributed by atoms with Crippen molar-refractivity contribution >= 4 is 66.2 Å². The zero-order valence-corrected chi connectivity index (χ0v) is 20.3. The number of carbonyl (C=O) groups is 1. The van der Waals surface area contributed by atoms with E-state index >= 15 is 0 Å². The molecule has 0 fully saturated rings. The summed E-state index contributed by atoms with van der Waals surface area (Å²) < 4.78 is 70.9. The molecule has 0 bridgehead atoms. The number of methoxy groups -OCH3 is 1. The van der Waals surface area contributed by atoms with E-state index in [1.807, 2.05) is 0 Å². The summed E-state index contributed by atoms with van der Waals surface area (Å²) in [5, 5.41) is 0.391. The van der Waals surface area contributed by atoms with Crippen molar-refractivity contribution in [3.8, 4) is 5.75 Å². The van der Waals surface area contributed by atoms with Gasteiger partial charge in [-0.1, -0.05) is 37.1 Å². The molecule has 0 saturated heterocycles. The molecule has 0 radical (unpaired) electrons. The number of pyridine rings is 1. The van der Waals surface area contributed by atoms with Crippen molar-refractivity contribution in [1.29, 1.82) is 0 Å². The summed E-state index contributed by atoms with van der Waals surface area (Å²) in [4.78, 5) is 26.0. The second-order valence-electron chi connectivity index (χ2n) is 6.72. The average molecular weight is 579 g/mol. The Kier molecular flexibility index (Phi) is 5.94. The van der Waals surface area contributed by atoms with Gasteiger partial charge in [-0.3, -0.25) is 9.59 Å². The minimum atomic E-state index is -9.88. The predicted molar refractivity (Wildman–Crippen MR) is 121 cm³/mol. The summed E-state index contributed by atoms with van der Waals surface area (Å²) in [7, 11) is -8.82. The third-order valence-electron chi connectivity index (χ3n) is 4.45. The molecule has 0 aliphatic carbocycles. The lowest BCUT2D eigenvalue weighted by molar-refractivity contribution is 0.101. The highest BCUT2D eigenvalue weighted by atomic mass is 79.9. The van der Waals surface area contributed by atoms with Crippen molar-refractivity contribution in [3.05, 3.63) is 61.2 Å². The molecule has 0 aliphatic rings. The maximum Gasteiger partial charge on any atom is 0.310 e. The number of H-pyrrole nitrogens is 1. The summed E-state index contributed by atoms with van der Waals surface area (Å²) in [5.74, 6) is -1.03. The Hall–Kier alpha value is -1.76. The molecule has 3 rings (SSSR count). The summed E-state index contributed by atoms with van der Waals surface area (Å²) in [6, 6.07) is 4.49. The van der Waals surface area contributed by atoms with Gasteiger partial charge in [0.1, 0.15) is 10.6 Å². The number of fused-ring (bicyclic) bond motifs is 1. The minimum absolute atomic E-state index is 0.0797. The summed E-state index contributed by atoms with van der Waals surface area (Å²) in [6.07, 6.45) is 0. The van der Waals surface area contributed by atoms with Crippen LogP contribution in [-0.4, -0.2) is 17.9 Å². The Labute approximate surface area is 196 Å². The van der Waals surface area contributed by atoms with Crippen LogP contribution in [0.25, 0.3) is 10.9 Å². The van der Waals surface area contributed by atoms with Gasteiger partial charge in [-0.05, 0) is 41.1 Å². The fourth-order valence-electron chi connectivity index (χ4n) is 2.96. The first-order valence-electron chi connectivity index (χ1n) is 8.62. The second-order valence-corrected chi connectivity index (χ2v) is 11.4. The molecule has 0 saturated carbocycles. The first-order valence-corrected chi connectivity index (χ1v) is 12.7. The number of halogens is 7. The van der Waals surface area contributed by atoms with Gasteiger partial charge >= 0.3 is 10.2 Å². The van der Waals surface area contributed by atoms with Crippen molar-refractivity contribution < 1.29 is 29.0 Å². The highest BCUT2D eigenvalue weighted by molar-refractivity contribution is 9.10. The number of hydrogen-bond donors (Lipinski definition) is 1. The largest absolute Gasteiger partial charge is 0.496 e. The number of rotatable bonds is 6. The zero-order chi connectivity index (χ0) is 24.1. The van der Waals surface area contributed by atoms with Gasteiger partial charge in [-0.15, -0.1) is 11.8 Å². The Balaban J connectivity index is 2.08. The van der Waals surface area contributed by atoms with E-state index < -0.39 is 32.1 Å². The topological polar surface area (TPSA) is 59.2 Å². The van der Waals surface area contributed by atoms with Crippen molar-refractivity contribution in [3.63, 3.8) is 0 Å². The number of aromatic amines is 1. The molecule has 1 N–H and O–H groups in total. The van der Waals surface area contributed by atoms with E-state index in [-0.39, 0.29) is 44.4 Å². The van der Waals surface area contributed by atoms with Gasteiger partial charge in [0.15, 0.2) is 5.78 Å². The fraction of sp³-hybridized carbons (Fsp3) is 0.158. The Bertz CT molecular complexity index is 1330. The van der Waals surface area contributed by atoms with E-state index in [0.717, 1.165) is 24.9 Å². The van der Waals surface area contributed by atoms with Crippen LogP contribution in [0, 0.1) is 0 Å². The molecule has 2 aromatic carbocycles. The average Bonchev–Trinajstić information content (AvgIpc) is 2.66. The van der Waals surface area contributed by atoms with Crippen LogP contribution in [0.1, 0.15) is 22.8 Å². The number of ketones is 1. The Morgan fingerprint density at radius 3 is 2.41 bits per heavy atom. The highest BCUT2D eigenvalue weighted by Gasteiger charge is 2.65. The molecule has 0 spiro atoms. The summed E-state index contributed by atoms with van der Waals surface area (Å²) in [5.41, 5.74) is -0.296. The summed E-state index contributed by atoms with van der Waals surface area (Å²) in [6.45, 7) is 1.19. The Morgan fingerprint density at radius 1 is 1.19 bits per heavy atom. The van der Waals surface area contributed by atoms with E-state index in [2.05, 4.69) is 20.9 Å². The minimum Gasteiger partial charge on any atom is -0.496 e. The second kappa shape index (κ2) is 7.64. The van der Waals surface area contributed by atoms with Gasteiger partial charge < -0.3 is 9.72 Å². The van der Waals surface area contributed by atoms with E-state index in [4.69, 9.17) is 16.3 Å². The lowest BCUT2D eigenvalue weighted by Crippen LogP contribution is -2.17. The van der Waals surface area contributed by atoms with Gasteiger partial charge in [0.05, 0.1) is 33.6 Å². The highest BCUT2D eigenvalue weighted by Crippen LogP contribution is 3.02. The van der Waals surface area contributed by atoms with Gasteiger partial charge in [0, 0.05) is 21.9 Å². The molecule has 1 aromatic heterocycles. The monoisotopic (exact) mass is 577 g/mol. The number of carbonyl (C=O) groups excluding carboxylic acids is 1.